The van der Waals surface area contributed by atoms with Crippen LogP contribution in [0.5, 0.6) is 0 Å². The van der Waals surface area contributed by atoms with E-state index in [4.69, 9.17) is 11.6 Å². The molecule has 0 aliphatic carbocycles. The number of nitrogens with one attached hydrogen (secondary N) is 2. The van der Waals surface area contributed by atoms with E-state index in [1.165, 1.54) is 17.8 Å². The van der Waals surface area contributed by atoms with Crippen LogP contribution in [0, 0.1) is 5.82 Å². The molecule has 25 heavy (non-hydrogen) atoms. The number of hydrogen-bond acceptors (Lipinski definition) is 4. The van der Waals surface area contributed by atoms with Crippen LogP contribution in [0.4, 0.5) is 10.1 Å². The molecule has 0 fully saturated rings. The van der Waals surface area contributed by atoms with Gasteiger partial charge in [-0.3, -0.25) is 9.89 Å². The molecule has 128 valence electrons. The van der Waals surface area contributed by atoms with E-state index in [1.807, 2.05) is 0 Å². The second kappa shape index (κ2) is 7.67. The Bertz CT molecular complexity index is 902. The van der Waals surface area contributed by atoms with Crippen molar-refractivity contribution in [3.8, 4) is 11.4 Å². The van der Waals surface area contributed by atoms with Crippen LogP contribution in [-0.2, 0) is 4.79 Å². The highest BCUT2D eigenvalue weighted by molar-refractivity contribution is 8.00. The van der Waals surface area contributed by atoms with Crippen molar-refractivity contribution in [2.45, 2.75) is 17.3 Å². The van der Waals surface area contributed by atoms with E-state index in [-0.39, 0.29) is 11.7 Å². The van der Waals surface area contributed by atoms with Gasteiger partial charge in [0.15, 0.2) is 5.82 Å². The number of thioether (sulfide) groups is 1. The first kappa shape index (κ1) is 17.4. The van der Waals surface area contributed by atoms with Crippen molar-refractivity contribution in [1.82, 2.24) is 15.2 Å². The van der Waals surface area contributed by atoms with Crippen molar-refractivity contribution in [2.24, 2.45) is 0 Å². The Balaban J connectivity index is 1.67. The number of aromatic amines is 1. The summed E-state index contributed by atoms with van der Waals surface area (Å²) in [6.45, 7) is 1.73. The summed E-state index contributed by atoms with van der Waals surface area (Å²) < 4.78 is 13.8. The third kappa shape index (κ3) is 4.18. The second-order valence-electron chi connectivity index (χ2n) is 5.18. The molecule has 0 saturated carbocycles. The van der Waals surface area contributed by atoms with Crippen molar-refractivity contribution in [3.05, 3.63) is 59.4 Å². The van der Waals surface area contributed by atoms with Gasteiger partial charge in [-0.05, 0) is 31.2 Å². The molecule has 0 aliphatic rings. The number of anilines is 1. The van der Waals surface area contributed by atoms with E-state index >= 15 is 0 Å². The highest BCUT2D eigenvalue weighted by Gasteiger charge is 2.19. The number of amides is 1. The van der Waals surface area contributed by atoms with E-state index in [9.17, 15) is 9.18 Å². The lowest BCUT2D eigenvalue weighted by atomic mass is 10.2. The molecule has 0 radical (unpaired) electrons. The van der Waals surface area contributed by atoms with Crippen LogP contribution < -0.4 is 5.32 Å². The molecule has 0 saturated heterocycles. The molecule has 1 heterocycles. The Hall–Kier alpha value is -2.38. The van der Waals surface area contributed by atoms with Crippen molar-refractivity contribution >= 4 is 35.0 Å². The minimum Gasteiger partial charge on any atom is -0.324 e. The summed E-state index contributed by atoms with van der Waals surface area (Å²) in [5, 5.41) is 9.86. The second-order valence-corrected chi connectivity index (χ2v) is 6.89. The number of para-hydroxylation sites is 1. The summed E-state index contributed by atoms with van der Waals surface area (Å²) >= 11 is 7.20. The smallest absolute Gasteiger partial charge is 0.237 e. The molecule has 8 heteroatoms. The molecule has 1 amide bonds. The van der Waals surface area contributed by atoms with Crippen LogP contribution in [-0.4, -0.2) is 26.3 Å². The van der Waals surface area contributed by atoms with Crippen LogP contribution in [0.15, 0.2) is 53.7 Å². The number of benzene rings is 2. The van der Waals surface area contributed by atoms with E-state index in [2.05, 4.69) is 20.5 Å². The minimum atomic E-state index is -0.458. The summed E-state index contributed by atoms with van der Waals surface area (Å²) in [5.41, 5.74) is 0.874. The third-order valence-electron chi connectivity index (χ3n) is 3.38. The van der Waals surface area contributed by atoms with Crippen molar-refractivity contribution < 1.29 is 9.18 Å². The van der Waals surface area contributed by atoms with Crippen LogP contribution in [0.25, 0.3) is 11.4 Å². The van der Waals surface area contributed by atoms with E-state index in [0.29, 0.717) is 27.3 Å². The maximum Gasteiger partial charge on any atom is 0.237 e. The SMILES string of the molecule is C[C@H](Sc1n[nH]c(-c2ccccc2F)n1)C(=O)Nc1ccccc1Cl. The normalized spacial score (nSPS) is 12.0. The van der Waals surface area contributed by atoms with Crippen molar-refractivity contribution in [2.75, 3.05) is 5.32 Å². The summed E-state index contributed by atoms with van der Waals surface area (Å²) in [7, 11) is 0. The van der Waals surface area contributed by atoms with Gasteiger partial charge in [0.05, 0.1) is 21.5 Å². The Labute approximate surface area is 153 Å². The fourth-order valence-electron chi connectivity index (χ4n) is 2.08. The van der Waals surface area contributed by atoms with Crippen LogP contribution in [0.2, 0.25) is 5.02 Å². The molecule has 0 bridgehead atoms. The fourth-order valence-corrected chi connectivity index (χ4v) is 2.99. The summed E-state index contributed by atoms with van der Waals surface area (Å²) in [5.74, 6) is -0.297. The van der Waals surface area contributed by atoms with Gasteiger partial charge in [-0.2, -0.15) is 0 Å². The maximum absolute atomic E-state index is 13.8. The summed E-state index contributed by atoms with van der Waals surface area (Å²) in [6, 6.07) is 13.3. The zero-order valence-corrected chi connectivity index (χ0v) is 14.7. The zero-order chi connectivity index (χ0) is 17.8. The first-order valence-corrected chi connectivity index (χ1v) is 8.69. The zero-order valence-electron chi connectivity index (χ0n) is 13.2. The number of halogens is 2. The monoisotopic (exact) mass is 376 g/mol. The number of hydrogen-bond donors (Lipinski definition) is 2. The minimum absolute atomic E-state index is 0.227. The molecule has 3 aromatic rings. The van der Waals surface area contributed by atoms with Gasteiger partial charge >= 0.3 is 0 Å². The largest absolute Gasteiger partial charge is 0.324 e. The first-order chi connectivity index (χ1) is 12.0. The lowest BCUT2D eigenvalue weighted by Gasteiger charge is -2.11. The molecule has 2 aromatic carbocycles. The van der Waals surface area contributed by atoms with Gasteiger partial charge in [-0.25, -0.2) is 9.37 Å². The van der Waals surface area contributed by atoms with E-state index in [1.54, 1.807) is 49.4 Å². The lowest BCUT2D eigenvalue weighted by Crippen LogP contribution is -2.22. The Morgan fingerprint density at radius 2 is 1.96 bits per heavy atom. The first-order valence-electron chi connectivity index (χ1n) is 7.44. The summed E-state index contributed by atoms with van der Waals surface area (Å²) in [4.78, 5) is 16.5. The molecule has 1 aromatic heterocycles. The molecule has 1 atom stereocenters. The highest BCUT2D eigenvalue weighted by atomic mass is 35.5. The van der Waals surface area contributed by atoms with Gasteiger partial charge in [0, 0.05) is 0 Å². The van der Waals surface area contributed by atoms with Gasteiger partial charge in [0.25, 0.3) is 0 Å². The van der Waals surface area contributed by atoms with E-state index < -0.39 is 5.25 Å². The number of carbonyl (C=O) groups excluding carboxylic acids is 1. The van der Waals surface area contributed by atoms with Gasteiger partial charge in [-0.15, -0.1) is 5.10 Å². The Morgan fingerprint density at radius 1 is 1.24 bits per heavy atom. The standard InChI is InChI=1S/C17H14ClFN4OS/c1-10(16(24)20-14-9-5-3-7-12(14)18)25-17-21-15(22-23-17)11-6-2-4-8-13(11)19/h2-10H,1H3,(H,20,24)(H,21,22,23)/t10-/m0/s1. The molecular weight excluding hydrogens is 363 g/mol. The van der Waals surface area contributed by atoms with Gasteiger partial charge in [0.2, 0.25) is 11.1 Å². The number of H-pyrrole nitrogens is 1. The maximum atomic E-state index is 13.8. The topological polar surface area (TPSA) is 70.7 Å². The fraction of sp³-hybridized carbons (Fsp3) is 0.118. The predicted molar refractivity (Wildman–Crippen MR) is 97.2 cm³/mol. The van der Waals surface area contributed by atoms with Gasteiger partial charge in [-0.1, -0.05) is 47.6 Å². The Morgan fingerprint density at radius 3 is 2.72 bits per heavy atom. The van der Waals surface area contributed by atoms with Crippen molar-refractivity contribution in [3.63, 3.8) is 0 Å². The number of aromatic nitrogens is 3. The molecule has 5 nitrogen and oxygen atoms in total. The van der Waals surface area contributed by atoms with Crippen LogP contribution in [0.1, 0.15) is 6.92 Å². The average molecular weight is 377 g/mol. The third-order valence-corrected chi connectivity index (χ3v) is 4.67. The van der Waals surface area contributed by atoms with E-state index in [0.717, 1.165) is 0 Å². The molecule has 0 spiro atoms. The molecule has 2 N–H and O–H groups in total. The molecule has 0 unspecified atom stereocenters. The molecule has 0 aliphatic heterocycles. The molecule has 3 rings (SSSR count). The van der Waals surface area contributed by atoms with Crippen molar-refractivity contribution in [1.29, 1.82) is 0 Å². The number of carbonyl (C=O) groups is 1. The van der Waals surface area contributed by atoms with Gasteiger partial charge in [0.1, 0.15) is 5.82 Å². The van der Waals surface area contributed by atoms with Gasteiger partial charge < -0.3 is 5.32 Å². The van der Waals surface area contributed by atoms with Crippen LogP contribution in [0.3, 0.4) is 0 Å². The number of nitrogens with zero attached hydrogens (tertiary/aromatic N) is 2. The summed E-state index contributed by atoms with van der Waals surface area (Å²) in [6.07, 6.45) is 0. The predicted octanol–water partition coefficient (Wildman–Crippen LogP) is 4.38. The highest BCUT2D eigenvalue weighted by Crippen LogP contribution is 2.26. The van der Waals surface area contributed by atoms with Crippen LogP contribution >= 0.6 is 23.4 Å². The lowest BCUT2D eigenvalue weighted by molar-refractivity contribution is -0.115. The Kier molecular flexibility index (Phi) is 5.35. The quantitative estimate of drug-likeness (QED) is 0.648. The average Bonchev–Trinajstić information content (AvgIpc) is 3.05. The molecular formula is C17H14ClFN4OS. The number of rotatable bonds is 5.